The molecule has 0 atom stereocenters. The van der Waals surface area contributed by atoms with Gasteiger partial charge >= 0.3 is 0 Å². The molecule has 1 N–H and O–H groups in total. The topological polar surface area (TPSA) is 72.4 Å². The van der Waals surface area contributed by atoms with Crippen LogP contribution in [0.5, 0.6) is 0 Å². The molecule has 0 saturated heterocycles. The second-order valence-electron chi connectivity index (χ2n) is 5.75. The van der Waals surface area contributed by atoms with Crippen molar-refractivity contribution in [3.8, 4) is 11.3 Å². The molecule has 0 aliphatic heterocycles. The Kier molecular flexibility index (Phi) is 4.07. The Morgan fingerprint density at radius 2 is 2.16 bits per heavy atom. The van der Waals surface area contributed by atoms with E-state index >= 15 is 0 Å². The monoisotopic (exact) mass is 352 g/mol. The largest absolute Gasteiger partial charge is 0.361 e. The number of imidazole rings is 1. The molecule has 0 unspecified atom stereocenters. The minimum atomic E-state index is -0.0599. The van der Waals surface area contributed by atoms with E-state index in [-0.39, 0.29) is 5.91 Å². The van der Waals surface area contributed by atoms with Crippen LogP contribution < -0.4 is 5.32 Å². The Morgan fingerprint density at radius 3 is 2.92 bits per heavy atom. The summed E-state index contributed by atoms with van der Waals surface area (Å²) in [4.78, 5) is 17.7. The van der Waals surface area contributed by atoms with E-state index in [2.05, 4.69) is 15.5 Å². The summed E-state index contributed by atoms with van der Waals surface area (Å²) in [7, 11) is 0. The van der Waals surface area contributed by atoms with E-state index in [1.165, 1.54) is 11.3 Å². The number of carbonyl (C=O) groups excluding carboxylic acids is 1. The Morgan fingerprint density at radius 1 is 1.32 bits per heavy atom. The summed E-state index contributed by atoms with van der Waals surface area (Å²) < 4.78 is 6.97. The molecule has 7 heteroatoms. The number of carbonyl (C=O) groups is 1. The fourth-order valence-electron chi connectivity index (χ4n) is 2.62. The molecule has 3 aromatic heterocycles. The van der Waals surface area contributed by atoms with Crippen LogP contribution in [0.25, 0.3) is 16.2 Å². The van der Waals surface area contributed by atoms with Crippen molar-refractivity contribution in [2.75, 3.05) is 0 Å². The van der Waals surface area contributed by atoms with Crippen molar-refractivity contribution in [3.63, 3.8) is 0 Å². The van der Waals surface area contributed by atoms with Gasteiger partial charge in [0.1, 0.15) is 11.5 Å². The lowest BCUT2D eigenvalue weighted by Crippen LogP contribution is -2.25. The van der Waals surface area contributed by atoms with E-state index < -0.39 is 0 Å². The fourth-order valence-corrected chi connectivity index (χ4v) is 3.49. The van der Waals surface area contributed by atoms with Gasteiger partial charge in [-0.1, -0.05) is 35.5 Å². The van der Waals surface area contributed by atoms with E-state index in [1.54, 1.807) is 0 Å². The van der Waals surface area contributed by atoms with Crippen LogP contribution in [0.2, 0.25) is 0 Å². The van der Waals surface area contributed by atoms with Crippen molar-refractivity contribution in [3.05, 3.63) is 65.1 Å². The third-order valence-electron chi connectivity index (χ3n) is 3.84. The Balaban J connectivity index is 1.47. The molecular weight excluding hydrogens is 336 g/mol. The predicted octanol–water partition coefficient (Wildman–Crippen LogP) is 3.22. The fraction of sp³-hybridized carbons (Fsp3) is 0.167. The highest BCUT2D eigenvalue weighted by Gasteiger charge is 2.13. The third-order valence-corrected chi connectivity index (χ3v) is 4.73. The third kappa shape index (κ3) is 3.32. The van der Waals surface area contributed by atoms with Gasteiger partial charge in [0.15, 0.2) is 4.96 Å². The van der Waals surface area contributed by atoms with Crippen LogP contribution in [0.1, 0.15) is 17.1 Å². The zero-order valence-electron chi connectivity index (χ0n) is 13.6. The smallest absolute Gasteiger partial charge is 0.226 e. The quantitative estimate of drug-likeness (QED) is 0.599. The summed E-state index contributed by atoms with van der Waals surface area (Å²) in [6.45, 7) is 2.19. The van der Waals surface area contributed by atoms with Gasteiger partial charge in [0.2, 0.25) is 5.91 Å². The van der Waals surface area contributed by atoms with Gasteiger partial charge in [-0.3, -0.25) is 9.20 Å². The number of benzene rings is 1. The number of aromatic nitrogens is 3. The minimum absolute atomic E-state index is 0.0599. The van der Waals surface area contributed by atoms with Crippen molar-refractivity contribution in [1.29, 1.82) is 0 Å². The number of hydrogen-bond acceptors (Lipinski definition) is 5. The van der Waals surface area contributed by atoms with Gasteiger partial charge in [0, 0.05) is 28.9 Å². The lowest BCUT2D eigenvalue weighted by Gasteiger charge is -2.02. The van der Waals surface area contributed by atoms with E-state index in [4.69, 9.17) is 4.52 Å². The molecule has 0 aliphatic carbocycles. The molecule has 3 heterocycles. The molecule has 0 saturated carbocycles. The number of nitrogens with zero attached hydrogens (tertiary/aromatic N) is 3. The zero-order valence-corrected chi connectivity index (χ0v) is 14.4. The van der Waals surface area contributed by atoms with E-state index in [1.807, 2.05) is 59.3 Å². The maximum absolute atomic E-state index is 12.2. The number of nitrogens with one attached hydrogen (secondary N) is 1. The normalized spacial score (nSPS) is 11.1. The first-order chi connectivity index (χ1) is 12.2. The van der Waals surface area contributed by atoms with E-state index in [0.717, 1.165) is 33.4 Å². The highest BCUT2D eigenvalue weighted by molar-refractivity contribution is 7.15. The molecule has 1 amide bonds. The highest BCUT2D eigenvalue weighted by atomic mass is 32.1. The summed E-state index contributed by atoms with van der Waals surface area (Å²) in [5.74, 6) is 0.672. The van der Waals surface area contributed by atoms with Crippen molar-refractivity contribution in [1.82, 2.24) is 19.9 Å². The Labute approximate surface area is 148 Å². The maximum atomic E-state index is 12.2. The summed E-state index contributed by atoms with van der Waals surface area (Å²) in [6.07, 6.45) is 2.27. The molecule has 0 fully saturated rings. The van der Waals surface area contributed by atoms with Gasteiger partial charge in [-0.05, 0) is 6.92 Å². The summed E-state index contributed by atoms with van der Waals surface area (Å²) >= 11 is 1.53. The first-order valence-corrected chi connectivity index (χ1v) is 8.77. The highest BCUT2D eigenvalue weighted by Crippen LogP contribution is 2.23. The number of hydrogen-bond donors (Lipinski definition) is 1. The molecule has 0 radical (unpaired) electrons. The number of thiazole rings is 1. The van der Waals surface area contributed by atoms with Crippen molar-refractivity contribution in [2.24, 2.45) is 0 Å². The van der Waals surface area contributed by atoms with Crippen molar-refractivity contribution in [2.45, 2.75) is 19.9 Å². The van der Waals surface area contributed by atoms with Gasteiger partial charge in [0.05, 0.1) is 18.7 Å². The van der Waals surface area contributed by atoms with E-state index in [0.29, 0.717) is 13.0 Å². The predicted molar refractivity (Wildman–Crippen MR) is 95.3 cm³/mol. The van der Waals surface area contributed by atoms with Crippen molar-refractivity contribution < 1.29 is 9.32 Å². The number of fused-ring (bicyclic) bond motifs is 1. The lowest BCUT2D eigenvalue weighted by atomic mass is 10.2. The Hall–Kier alpha value is -2.93. The van der Waals surface area contributed by atoms with Gasteiger partial charge in [-0.25, -0.2) is 4.98 Å². The first-order valence-electron chi connectivity index (χ1n) is 7.89. The van der Waals surface area contributed by atoms with Crippen LogP contribution >= 0.6 is 11.3 Å². The van der Waals surface area contributed by atoms with E-state index in [9.17, 15) is 4.79 Å². The first kappa shape index (κ1) is 15.6. The van der Waals surface area contributed by atoms with Gasteiger partial charge in [-0.15, -0.1) is 11.3 Å². The molecule has 0 bridgehead atoms. The average Bonchev–Trinajstić information content (AvgIpc) is 3.31. The number of aryl methyl sites for hydroxylation is 1. The average molecular weight is 352 g/mol. The molecule has 1 aromatic carbocycles. The molecular formula is C18H16N4O2S. The zero-order chi connectivity index (χ0) is 17.2. The summed E-state index contributed by atoms with van der Waals surface area (Å²) in [5, 5.41) is 8.70. The van der Waals surface area contributed by atoms with Gasteiger partial charge < -0.3 is 9.84 Å². The second-order valence-corrected chi connectivity index (χ2v) is 6.59. The van der Waals surface area contributed by atoms with Gasteiger partial charge in [0.25, 0.3) is 0 Å². The maximum Gasteiger partial charge on any atom is 0.226 e. The molecule has 25 heavy (non-hydrogen) atoms. The molecule has 0 aliphatic rings. The van der Waals surface area contributed by atoms with Gasteiger partial charge in [-0.2, -0.15) is 0 Å². The molecule has 4 rings (SSSR count). The molecule has 4 aromatic rings. The minimum Gasteiger partial charge on any atom is -0.361 e. The van der Waals surface area contributed by atoms with Crippen LogP contribution in [-0.2, 0) is 17.8 Å². The van der Waals surface area contributed by atoms with Crippen molar-refractivity contribution >= 4 is 22.2 Å². The molecule has 0 spiro atoms. The van der Waals surface area contributed by atoms with Crippen LogP contribution in [0.15, 0.2) is 52.5 Å². The standard InChI is InChI=1S/C18H16N4O2S/c1-12-7-14(21-24-12)9-19-17(23)8-15-11-25-18-20-16(10-22(15)18)13-5-3-2-4-6-13/h2-7,10-11H,8-9H2,1H3,(H,19,23). The van der Waals surface area contributed by atoms with Crippen LogP contribution in [0.3, 0.4) is 0 Å². The lowest BCUT2D eigenvalue weighted by molar-refractivity contribution is -0.120. The Bertz CT molecular complexity index is 1020. The van der Waals surface area contributed by atoms with Crippen LogP contribution in [-0.4, -0.2) is 20.4 Å². The van der Waals surface area contributed by atoms with Crippen LogP contribution in [0.4, 0.5) is 0 Å². The number of amides is 1. The van der Waals surface area contributed by atoms with Crippen LogP contribution in [0, 0.1) is 6.92 Å². The molecule has 126 valence electrons. The second kappa shape index (κ2) is 6.52. The molecule has 6 nitrogen and oxygen atoms in total. The summed E-state index contributed by atoms with van der Waals surface area (Å²) in [6, 6.07) is 11.8. The summed E-state index contributed by atoms with van der Waals surface area (Å²) in [5.41, 5.74) is 3.61. The number of rotatable bonds is 5. The SMILES string of the molecule is Cc1cc(CNC(=O)Cc2csc3nc(-c4ccccc4)cn23)no1.